The first kappa shape index (κ1) is 14.2. The average molecular weight is 268 g/mol. The van der Waals surface area contributed by atoms with Crippen molar-refractivity contribution in [3.63, 3.8) is 0 Å². The monoisotopic (exact) mass is 268 g/mol. The molecule has 0 saturated carbocycles. The van der Waals surface area contributed by atoms with Crippen molar-refractivity contribution in [2.75, 3.05) is 19.1 Å². The molecule has 0 aliphatic heterocycles. The van der Waals surface area contributed by atoms with Gasteiger partial charge in [0.15, 0.2) is 0 Å². The first-order valence-electron chi connectivity index (χ1n) is 5.29. The maximum Gasteiger partial charge on any atom is 0.340 e. The predicted molar refractivity (Wildman–Crippen MR) is 77.0 cm³/mol. The second-order valence-electron chi connectivity index (χ2n) is 3.16. The van der Waals surface area contributed by atoms with Gasteiger partial charge in [0.25, 0.3) is 0 Å². The van der Waals surface area contributed by atoms with Crippen molar-refractivity contribution in [2.45, 2.75) is 6.92 Å². The van der Waals surface area contributed by atoms with E-state index >= 15 is 0 Å². The van der Waals surface area contributed by atoms with Gasteiger partial charge in [0.2, 0.25) is 0 Å². The second-order valence-corrected chi connectivity index (χ2v) is 5.05. The lowest BCUT2D eigenvalue weighted by Gasteiger charge is -2.11. The molecule has 1 aromatic rings. The minimum atomic E-state index is -0.252. The van der Waals surface area contributed by atoms with Crippen molar-refractivity contribution >= 4 is 35.1 Å². The Labute approximate surface area is 111 Å². The molecule has 0 aromatic heterocycles. The Kier molecular flexibility index (Phi) is 6.22. The van der Waals surface area contributed by atoms with Crippen molar-refractivity contribution in [1.82, 2.24) is 0 Å². The number of benzene rings is 1. The zero-order valence-corrected chi connectivity index (χ0v) is 11.9. The molecule has 0 aliphatic carbocycles. The number of rotatable bonds is 5. The summed E-state index contributed by atoms with van der Waals surface area (Å²) in [5.74, 6) is -0.252. The zero-order valence-electron chi connectivity index (χ0n) is 10.2. The van der Waals surface area contributed by atoms with Crippen LogP contribution in [0.5, 0.6) is 0 Å². The molecule has 17 heavy (non-hydrogen) atoms. The topological polar surface area (TPSA) is 26.3 Å². The lowest BCUT2D eigenvalue weighted by Crippen LogP contribution is -2.08. The van der Waals surface area contributed by atoms with Crippen LogP contribution in [-0.4, -0.2) is 25.1 Å². The summed E-state index contributed by atoms with van der Waals surface area (Å²) in [5, 5.41) is 0. The molecule has 0 fully saturated rings. The van der Waals surface area contributed by atoms with Crippen molar-refractivity contribution in [1.29, 1.82) is 0 Å². The highest BCUT2D eigenvalue weighted by molar-refractivity contribution is 8.22. The van der Waals surface area contributed by atoms with Crippen LogP contribution in [0.3, 0.4) is 0 Å². The number of thioether (sulfide) groups is 2. The van der Waals surface area contributed by atoms with Gasteiger partial charge in [-0.3, -0.25) is 0 Å². The second kappa shape index (κ2) is 7.45. The molecule has 0 spiro atoms. The maximum absolute atomic E-state index is 12.0. The standard InChI is InChI=1S/C13H16O2S2/c1-4-15-12(14)11(13(16-2)17-3)10-8-6-5-7-9-10/h5-9H,4H2,1-3H3. The highest BCUT2D eigenvalue weighted by Gasteiger charge is 2.17. The third kappa shape index (κ3) is 3.82. The number of carbonyl (C=O) groups excluding carboxylic acids is 1. The predicted octanol–water partition coefficient (Wildman–Crippen LogP) is 3.64. The number of hydrogen-bond donors (Lipinski definition) is 0. The summed E-state index contributed by atoms with van der Waals surface area (Å²) in [7, 11) is 0. The fourth-order valence-corrected chi connectivity index (χ4v) is 2.89. The number of ether oxygens (including phenoxy) is 1. The van der Waals surface area contributed by atoms with Crippen LogP contribution in [0.25, 0.3) is 5.57 Å². The van der Waals surface area contributed by atoms with Gasteiger partial charge < -0.3 is 4.74 Å². The molecule has 0 N–H and O–H groups in total. The van der Waals surface area contributed by atoms with Crippen molar-refractivity contribution < 1.29 is 9.53 Å². The van der Waals surface area contributed by atoms with E-state index in [0.29, 0.717) is 12.2 Å². The van der Waals surface area contributed by atoms with E-state index in [1.165, 1.54) is 0 Å². The van der Waals surface area contributed by atoms with Gasteiger partial charge in [-0.1, -0.05) is 30.3 Å². The summed E-state index contributed by atoms with van der Waals surface area (Å²) in [6.45, 7) is 2.21. The quantitative estimate of drug-likeness (QED) is 0.601. The summed E-state index contributed by atoms with van der Waals surface area (Å²) in [5.41, 5.74) is 1.57. The van der Waals surface area contributed by atoms with E-state index in [1.807, 2.05) is 49.8 Å². The van der Waals surface area contributed by atoms with E-state index < -0.39 is 0 Å². The number of esters is 1. The van der Waals surface area contributed by atoms with E-state index in [-0.39, 0.29) is 5.97 Å². The molecule has 0 bridgehead atoms. The molecule has 0 aliphatic rings. The van der Waals surface area contributed by atoms with Gasteiger partial charge in [-0.05, 0) is 25.0 Å². The zero-order chi connectivity index (χ0) is 12.7. The van der Waals surface area contributed by atoms with E-state index in [0.717, 1.165) is 9.80 Å². The molecule has 0 unspecified atom stereocenters. The lowest BCUT2D eigenvalue weighted by molar-refractivity contribution is -0.136. The SMILES string of the molecule is CCOC(=O)C(=C(SC)SC)c1ccccc1. The van der Waals surface area contributed by atoms with Gasteiger partial charge in [0.1, 0.15) is 0 Å². The van der Waals surface area contributed by atoms with Crippen molar-refractivity contribution in [3.8, 4) is 0 Å². The first-order valence-corrected chi connectivity index (χ1v) is 7.74. The van der Waals surface area contributed by atoms with Gasteiger partial charge in [-0.2, -0.15) is 0 Å². The van der Waals surface area contributed by atoms with Gasteiger partial charge in [-0.15, -0.1) is 23.5 Å². The molecule has 1 rings (SSSR count). The van der Waals surface area contributed by atoms with E-state index in [4.69, 9.17) is 4.74 Å². The lowest BCUT2D eigenvalue weighted by atomic mass is 10.1. The van der Waals surface area contributed by atoms with Crippen molar-refractivity contribution in [3.05, 3.63) is 40.1 Å². The molecule has 0 radical (unpaired) electrons. The molecule has 92 valence electrons. The molecule has 2 nitrogen and oxygen atoms in total. The Morgan fingerprint density at radius 1 is 1.18 bits per heavy atom. The maximum atomic E-state index is 12.0. The summed E-state index contributed by atoms with van der Waals surface area (Å²) < 4.78 is 6.10. The van der Waals surface area contributed by atoms with Gasteiger partial charge in [0.05, 0.1) is 16.4 Å². The highest BCUT2D eigenvalue weighted by Crippen LogP contribution is 2.33. The van der Waals surface area contributed by atoms with E-state index in [9.17, 15) is 4.79 Å². The van der Waals surface area contributed by atoms with Crippen LogP contribution < -0.4 is 0 Å². The Morgan fingerprint density at radius 3 is 2.24 bits per heavy atom. The minimum absolute atomic E-state index is 0.252. The van der Waals surface area contributed by atoms with E-state index in [1.54, 1.807) is 23.5 Å². The fourth-order valence-electron chi connectivity index (χ4n) is 1.41. The third-order valence-corrected chi connectivity index (χ3v) is 4.27. The molecule has 1 aromatic carbocycles. The van der Waals surface area contributed by atoms with Crippen LogP contribution in [0.2, 0.25) is 0 Å². The van der Waals surface area contributed by atoms with Gasteiger partial charge in [0, 0.05) is 0 Å². The van der Waals surface area contributed by atoms with Gasteiger partial charge in [-0.25, -0.2) is 4.79 Å². The van der Waals surface area contributed by atoms with Crippen molar-refractivity contribution in [2.24, 2.45) is 0 Å². The highest BCUT2D eigenvalue weighted by atomic mass is 32.2. The van der Waals surface area contributed by atoms with Crippen LogP contribution >= 0.6 is 23.5 Å². The minimum Gasteiger partial charge on any atom is -0.462 e. The van der Waals surface area contributed by atoms with Crippen LogP contribution in [0.15, 0.2) is 34.6 Å². The van der Waals surface area contributed by atoms with Crippen LogP contribution in [0.4, 0.5) is 0 Å². The largest absolute Gasteiger partial charge is 0.462 e. The first-order chi connectivity index (χ1) is 8.24. The normalized spacial score (nSPS) is 9.82. The Hall–Kier alpha value is -0.870. The Morgan fingerprint density at radius 2 is 1.76 bits per heavy atom. The Balaban J connectivity index is 3.20. The fraction of sp³-hybridized carbons (Fsp3) is 0.308. The van der Waals surface area contributed by atoms with Crippen LogP contribution in [0.1, 0.15) is 12.5 Å². The van der Waals surface area contributed by atoms with Gasteiger partial charge >= 0.3 is 5.97 Å². The summed E-state index contributed by atoms with van der Waals surface area (Å²) >= 11 is 3.14. The number of hydrogen-bond acceptors (Lipinski definition) is 4. The summed E-state index contributed by atoms with van der Waals surface area (Å²) in [4.78, 5) is 12.0. The van der Waals surface area contributed by atoms with Crippen LogP contribution in [-0.2, 0) is 9.53 Å². The van der Waals surface area contributed by atoms with E-state index in [2.05, 4.69) is 0 Å². The molecular formula is C13H16O2S2. The third-order valence-electron chi connectivity index (χ3n) is 2.12. The summed E-state index contributed by atoms with van der Waals surface area (Å²) in [6.07, 6.45) is 3.93. The molecule has 0 amide bonds. The average Bonchev–Trinajstić information content (AvgIpc) is 2.37. The molecule has 0 atom stereocenters. The molecule has 0 saturated heterocycles. The molecular weight excluding hydrogens is 252 g/mol. The summed E-state index contributed by atoms with van der Waals surface area (Å²) in [6, 6.07) is 9.64. The number of carbonyl (C=O) groups is 1. The molecule has 4 heteroatoms. The Bertz CT molecular complexity index is 393. The molecule has 0 heterocycles. The smallest absolute Gasteiger partial charge is 0.340 e. The van der Waals surface area contributed by atoms with Crippen LogP contribution in [0, 0.1) is 0 Å².